The summed E-state index contributed by atoms with van der Waals surface area (Å²) in [6, 6.07) is 7.96. The first-order valence-corrected chi connectivity index (χ1v) is 9.70. The van der Waals surface area contributed by atoms with Gasteiger partial charge < -0.3 is 15.4 Å². The molecule has 0 unspecified atom stereocenters. The summed E-state index contributed by atoms with van der Waals surface area (Å²) in [5.41, 5.74) is 0.769. The van der Waals surface area contributed by atoms with E-state index in [1.54, 1.807) is 35.1 Å². The molecule has 10 heteroatoms. The Kier molecular flexibility index (Phi) is 6.28. The largest absolute Gasteiger partial charge is 0.465 e. The van der Waals surface area contributed by atoms with E-state index < -0.39 is 11.8 Å². The highest BCUT2D eigenvalue weighted by Gasteiger charge is 2.16. The van der Waals surface area contributed by atoms with Gasteiger partial charge in [0.25, 0.3) is 0 Å². The van der Waals surface area contributed by atoms with Gasteiger partial charge in [-0.2, -0.15) is 5.10 Å². The number of methoxy groups -OCH3 is 1. The summed E-state index contributed by atoms with van der Waals surface area (Å²) < 4.78 is 20.2. The van der Waals surface area contributed by atoms with Crippen molar-refractivity contribution >= 4 is 57.1 Å². The van der Waals surface area contributed by atoms with Crippen LogP contribution < -0.4 is 10.6 Å². The van der Waals surface area contributed by atoms with Gasteiger partial charge in [0.05, 0.1) is 19.2 Å². The van der Waals surface area contributed by atoms with E-state index in [9.17, 15) is 9.18 Å². The standard InChI is InChI=1S/C18H16ClFN4O2S2/c1-10-8-11(17(25)26-2)16(28-10)22-18(27)21-15-6-7-24(23-15)9-12-13(19)4-3-5-14(12)20/h3-8H,9H2,1-2H3,(H2,21,22,23,27). The zero-order chi connectivity index (χ0) is 20.3. The van der Waals surface area contributed by atoms with Crippen LogP contribution in [0.25, 0.3) is 0 Å². The monoisotopic (exact) mass is 438 g/mol. The highest BCUT2D eigenvalue weighted by molar-refractivity contribution is 7.80. The van der Waals surface area contributed by atoms with Gasteiger partial charge in [0.15, 0.2) is 10.9 Å². The van der Waals surface area contributed by atoms with Gasteiger partial charge in [0.2, 0.25) is 0 Å². The number of halogens is 2. The molecule has 0 saturated heterocycles. The maximum atomic E-state index is 13.9. The number of hydrogen-bond acceptors (Lipinski definition) is 5. The molecule has 0 aliphatic rings. The number of aromatic nitrogens is 2. The minimum atomic E-state index is -0.444. The number of esters is 1. The van der Waals surface area contributed by atoms with E-state index in [4.69, 9.17) is 28.6 Å². The van der Waals surface area contributed by atoms with Crippen molar-refractivity contribution in [1.29, 1.82) is 0 Å². The average Bonchev–Trinajstić information content (AvgIpc) is 3.23. The van der Waals surface area contributed by atoms with Crippen LogP contribution in [0.1, 0.15) is 20.8 Å². The third-order valence-electron chi connectivity index (χ3n) is 3.75. The fraction of sp³-hybridized carbons (Fsp3) is 0.167. The van der Waals surface area contributed by atoms with Gasteiger partial charge in [-0.15, -0.1) is 11.3 Å². The van der Waals surface area contributed by atoms with Crippen molar-refractivity contribution in [2.45, 2.75) is 13.5 Å². The molecule has 0 saturated carbocycles. The normalized spacial score (nSPS) is 10.6. The van der Waals surface area contributed by atoms with Crippen molar-refractivity contribution in [2.75, 3.05) is 17.7 Å². The second kappa shape index (κ2) is 8.68. The summed E-state index contributed by atoms with van der Waals surface area (Å²) in [5, 5.41) is 11.4. The van der Waals surface area contributed by atoms with E-state index in [0.717, 1.165) is 4.88 Å². The lowest BCUT2D eigenvalue weighted by Gasteiger charge is -2.09. The van der Waals surface area contributed by atoms with Crippen molar-refractivity contribution in [3.63, 3.8) is 0 Å². The Labute approximate surface area is 175 Å². The number of carbonyl (C=O) groups is 1. The number of thiophene rings is 1. The Morgan fingerprint density at radius 1 is 1.39 bits per heavy atom. The van der Waals surface area contributed by atoms with E-state index in [1.807, 2.05) is 6.92 Å². The van der Waals surface area contributed by atoms with Crippen molar-refractivity contribution in [1.82, 2.24) is 9.78 Å². The van der Waals surface area contributed by atoms with Crippen molar-refractivity contribution in [3.05, 3.63) is 63.4 Å². The first-order valence-electron chi connectivity index (χ1n) is 8.10. The molecule has 146 valence electrons. The average molecular weight is 439 g/mol. The number of anilines is 2. The van der Waals surface area contributed by atoms with Gasteiger partial charge in [-0.25, -0.2) is 9.18 Å². The van der Waals surface area contributed by atoms with Crippen molar-refractivity contribution in [3.8, 4) is 0 Å². The zero-order valence-electron chi connectivity index (χ0n) is 15.0. The van der Waals surface area contributed by atoms with Gasteiger partial charge in [-0.05, 0) is 37.3 Å². The molecule has 2 aromatic heterocycles. The molecule has 0 aliphatic heterocycles. The fourth-order valence-corrected chi connectivity index (χ4v) is 3.88. The lowest BCUT2D eigenvalue weighted by molar-refractivity contribution is 0.0602. The van der Waals surface area contributed by atoms with Gasteiger partial charge in [0, 0.05) is 27.7 Å². The Morgan fingerprint density at radius 3 is 2.89 bits per heavy atom. The second-order valence-electron chi connectivity index (χ2n) is 5.77. The number of ether oxygens (including phenoxy) is 1. The highest BCUT2D eigenvalue weighted by Crippen LogP contribution is 2.28. The molecule has 0 aliphatic carbocycles. The number of carbonyl (C=O) groups excluding carboxylic acids is 1. The Balaban J connectivity index is 1.67. The highest BCUT2D eigenvalue weighted by atomic mass is 35.5. The Morgan fingerprint density at radius 2 is 2.18 bits per heavy atom. The molecule has 0 spiro atoms. The molecule has 2 heterocycles. The van der Waals surface area contributed by atoms with Crippen LogP contribution in [0.4, 0.5) is 15.2 Å². The second-order valence-corrected chi connectivity index (χ2v) is 7.84. The summed E-state index contributed by atoms with van der Waals surface area (Å²) >= 11 is 12.7. The minimum absolute atomic E-state index is 0.185. The van der Waals surface area contributed by atoms with Crippen LogP contribution in [0, 0.1) is 12.7 Å². The summed E-state index contributed by atoms with van der Waals surface area (Å²) in [4.78, 5) is 12.8. The first kappa shape index (κ1) is 20.2. The molecular weight excluding hydrogens is 423 g/mol. The van der Waals surface area contributed by atoms with Gasteiger partial charge in [-0.1, -0.05) is 17.7 Å². The predicted octanol–water partition coefficient (Wildman–Crippen LogP) is 4.69. The van der Waals surface area contributed by atoms with Crippen molar-refractivity contribution < 1.29 is 13.9 Å². The molecule has 0 atom stereocenters. The third kappa shape index (κ3) is 4.67. The van der Waals surface area contributed by atoms with E-state index >= 15 is 0 Å². The number of aryl methyl sites for hydroxylation is 1. The lowest BCUT2D eigenvalue weighted by Crippen LogP contribution is -2.20. The lowest BCUT2D eigenvalue weighted by atomic mass is 10.2. The fourth-order valence-electron chi connectivity index (χ4n) is 2.48. The van der Waals surface area contributed by atoms with E-state index in [-0.39, 0.29) is 11.7 Å². The molecule has 0 radical (unpaired) electrons. The Bertz CT molecular complexity index is 1010. The topological polar surface area (TPSA) is 68.2 Å². The van der Waals surface area contributed by atoms with Crippen LogP contribution in [-0.2, 0) is 11.3 Å². The molecule has 0 amide bonds. The smallest absolute Gasteiger partial charge is 0.340 e. The number of benzene rings is 1. The van der Waals surface area contributed by atoms with E-state index in [2.05, 4.69) is 15.7 Å². The molecule has 0 fully saturated rings. The molecule has 28 heavy (non-hydrogen) atoms. The number of hydrogen-bond donors (Lipinski definition) is 2. The predicted molar refractivity (Wildman–Crippen MR) is 113 cm³/mol. The van der Waals surface area contributed by atoms with Crippen LogP contribution >= 0.6 is 35.2 Å². The number of nitrogens with zero attached hydrogens (tertiary/aromatic N) is 2. The minimum Gasteiger partial charge on any atom is -0.465 e. The molecule has 6 nitrogen and oxygen atoms in total. The molecule has 2 N–H and O–H groups in total. The molecule has 3 aromatic rings. The summed E-state index contributed by atoms with van der Waals surface area (Å²) in [7, 11) is 1.32. The molecule has 1 aromatic carbocycles. The zero-order valence-corrected chi connectivity index (χ0v) is 17.3. The first-order chi connectivity index (χ1) is 13.4. The number of nitrogens with one attached hydrogen (secondary N) is 2. The van der Waals surface area contributed by atoms with Gasteiger partial charge in [0.1, 0.15) is 10.8 Å². The van der Waals surface area contributed by atoms with Crippen LogP contribution in [0.2, 0.25) is 5.02 Å². The molecule has 3 rings (SSSR count). The summed E-state index contributed by atoms with van der Waals surface area (Å²) in [5.74, 6) is -0.364. The number of thiocarbonyl (C=S) groups is 1. The third-order valence-corrected chi connectivity index (χ3v) is 5.28. The molecular formula is C18H16ClFN4O2S2. The maximum Gasteiger partial charge on any atom is 0.340 e. The SMILES string of the molecule is COC(=O)c1cc(C)sc1NC(=S)Nc1ccn(Cc2c(F)cccc2Cl)n1. The van der Waals surface area contributed by atoms with Crippen molar-refractivity contribution in [2.24, 2.45) is 0 Å². The van der Waals surface area contributed by atoms with Crippen LogP contribution in [0.5, 0.6) is 0 Å². The van der Waals surface area contributed by atoms with Crippen LogP contribution in [0.3, 0.4) is 0 Å². The van der Waals surface area contributed by atoms with Crippen LogP contribution in [-0.4, -0.2) is 28.0 Å². The van der Waals surface area contributed by atoms with E-state index in [0.29, 0.717) is 27.0 Å². The maximum absolute atomic E-state index is 13.9. The van der Waals surface area contributed by atoms with E-state index in [1.165, 1.54) is 24.5 Å². The van der Waals surface area contributed by atoms with Gasteiger partial charge in [-0.3, -0.25) is 4.68 Å². The summed E-state index contributed by atoms with van der Waals surface area (Å²) in [6.07, 6.45) is 1.68. The summed E-state index contributed by atoms with van der Waals surface area (Å²) in [6.45, 7) is 2.07. The van der Waals surface area contributed by atoms with Crippen LogP contribution in [0.15, 0.2) is 36.5 Å². The molecule has 0 bridgehead atoms. The van der Waals surface area contributed by atoms with Gasteiger partial charge >= 0.3 is 5.97 Å². The Hall–Kier alpha value is -2.49. The quantitative estimate of drug-likeness (QED) is 0.445. The number of rotatable bonds is 5.